The highest BCUT2D eigenvalue weighted by atomic mass is 16.6. The number of hydrogen-bond acceptors (Lipinski definition) is 4. The maximum absolute atomic E-state index is 12.7. The molecule has 1 N–H and O–H groups in total. The summed E-state index contributed by atoms with van der Waals surface area (Å²) < 4.78 is 0. The summed E-state index contributed by atoms with van der Waals surface area (Å²) in [5.41, 5.74) is 5.55. The first-order valence-corrected chi connectivity index (χ1v) is 9.99. The van der Waals surface area contributed by atoms with E-state index in [1.54, 1.807) is 12.1 Å². The van der Waals surface area contributed by atoms with E-state index in [0.29, 0.717) is 19.5 Å². The van der Waals surface area contributed by atoms with Crippen LogP contribution in [0, 0.1) is 10.1 Å². The summed E-state index contributed by atoms with van der Waals surface area (Å²) >= 11 is 0. The fourth-order valence-electron chi connectivity index (χ4n) is 3.68. The molecule has 0 bridgehead atoms. The Hall–Kier alpha value is -3.67. The van der Waals surface area contributed by atoms with Crippen molar-refractivity contribution in [2.24, 2.45) is 0 Å². The first-order chi connectivity index (χ1) is 14.6. The highest BCUT2D eigenvalue weighted by molar-refractivity contribution is 5.79. The molecule has 0 aliphatic carbocycles. The maximum atomic E-state index is 12.7. The van der Waals surface area contributed by atoms with Gasteiger partial charge in [0.15, 0.2) is 0 Å². The van der Waals surface area contributed by atoms with E-state index in [1.807, 2.05) is 41.3 Å². The molecule has 0 fully saturated rings. The number of anilines is 1. The van der Waals surface area contributed by atoms with Gasteiger partial charge in [-0.05, 0) is 40.8 Å². The van der Waals surface area contributed by atoms with Crippen LogP contribution in [0.5, 0.6) is 0 Å². The zero-order valence-corrected chi connectivity index (χ0v) is 16.6. The molecule has 4 rings (SSSR count). The van der Waals surface area contributed by atoms with Gasteiger partial charge in [0.05, 0.1) is 11.3 Å². The molecule has 0 saturated carbocycles. The number of benzene rings is 3. The van der Waals surface area contributed by atoms with Crippen LogP contribution in [0.3, 0.4) is 0 Å². The molecule has 3 aromatic carbocycles. The molecule has 0 spiro atoms. The molecule has 0 radical (unpaired) electrons. The van der Waals surface area contributed by atoms with E-state index in [-0.39, 0.29) is 11.6 Å². The first kappa shape index (κ1) is 19.6. The molecule has 0 saturated heterocycles. The molecule has 6 nitrogen and oxygen atoms in total. The Morgan fingerprint density at radius 2 is 1.60 bits per heavy atom. The van der Waals surface area contributed by atoms with Gasteiger partial charge < -0.3 is 10.2 Å². The van der Waals surface area contributed by atoms with Crippen LogP contribution < -0.4 is 5.32 Å². The van der Waals surface area contributed by atoms with Gasteiger partial charge in [0.1, 0.15) is 0 Å². The quantitative estimate of drug-likeness (QED) is 0.493. The molecule has 30 heavy (non-hydrogen) atoms. The Morgan fingerprint density at radius 3 is 2.30 bits per heavy atom. The molecular formula is C24H23N3O3. The van der Waals surface area contributed by atoms with Crippen LogP contribution in [0.15, 0.2) is 72.8 Å². The number of carbonyl (C=O) groups excluding carboxylic acids is 1. The van der Waals surface area contributed by atoms with E-state index >= 15 is 0 Å². The zero-order valence-electron chi connectivity index (χ0n) is 16.6. The first-order valence-electron chi connectivity index (χ1n) is 9.99. The highest BCUT2D eigenvalue weighted by Crippen LogP contribution is 2.20. The van der Waals surface area contributed by atoms with Crippen LogP contribution in [-0.2, 0) is 30.7 Å². The van der Waals surface area contributed by atoms with Crippen molar-refractivity contribution in [3.8, 4) is 0 Å². The number of carbonyl (C=O) groups is 1. The van der Waals surface area contributed by atoms with Crippen molar-refractivity contribution in [3.63, 3.8) is 0 Å². The van der Waals surface area contributed by atoms with Crippen LogP contribution in [0.25, 0.3) is 0 Å². The van der Waals surface area contributed by atoms with Crippen LogP contribution in [0.4, 0.5) is 11.4 Å². The van der Waals surface area contributed by atoms with Crippen molar-refractivity contribution in [1.82, 2.24) is 4.90 Å². The Balaban J connectivity index is 1.30. The topological polar surface area (TPSA) is 75.5 Å². The van der Waals surface area contributed by atoms with Crippen molar-refractivity contribution >= 4 is 17.3 Å². The van der Waals surface area contributed by atoms with Crippen molar-refractivity contribution in [1.29, 1.82) is 0 Å². The number of nitrogens with zero attached hydrogens (tertiary/aromatic N) is 2. The Bertz CT molecular complexity index is 1050. The van der Waals surface area contributed by atoms with Gasteiger partial charge in [-0.2, -0.15) is 0 Å². The number of nitrogens with one attached hydrogen (secondary N) is 1. The van der Waals surface area contributed by atoms with Crippen molar-refractivity contribution in [2.45, 2.75) is 25.9 Å². The molecule has 0 unspecified atom stereocenters. The SMILES string of the molecule is O=C(Cc1ccc(NCc2ccc([N+](=O)[O-])cc2)cc1)N1CCc2ccccc2C1. The largest absolute Gasteiger partial charge is 0.381 e. The van der Waals surface area contributed by atoms with Gasteiger partial charge in [0, 0.05) is 37.5 Å². The van der Waals surface area contributed by atoms with Crippen LogP contribution in [-0.4, -0.2) is 22.3 Å². The minimum atomic E-state index is -0.403. The summed E-state index contributed by atoms with van der Waals surface area (Å²) in [6.45, 7) is 2.03. The Kier molecular flexibility index (Phi) is 5.75. The number of rotatable bonds is 6. The van der Waals surface area contributed by atoms with Crippen LogP contribution in [0.1, 0.15) is 22.3 Å². The fraction of sp³-hybridized carbons (Fsp3) is 0.208. The summed E-state index contributed by atoms with van der Waals surface area (Å²) in [5.74, 6) is 0.149. The predicted molar refractivity (Wildman–Crippen MR) is 116 cm³/mol. The second-order valence-electron chi connectivity index (χ2n) is 7.48. The zero-order chi connectivity index (χ0) is 20.9. The molecule has 1 heterocycles. The van der Waals surface area contributed by atoms with Gasteiger partial charge in [-0.1, -0.05) is 48.5 Å². The number of nitro groups is 1. The average molecular weight is 401 g/mol. The minimum Gasteiger partial charge on any atom is -0.381 e. The number of fused-ring (bicyclic) bond motifs is 1. The smallest absolute Gasteiger partial charge is 0.269 e. The number of nitro benzene ring substituents is 1. The second kappa shape index (κ2) is 8.78. The maximum Gasteiger partial charge on any atom is 0.269 e. The Labute approximate surface area is 175 Å². The number of non-ortho nitro benzene ring substituents is 1. The third-order valence-electron chi connectivity index (χ3n) is 5.44. The molecule has 1 aliphatic rings. The lowest BCUT2D eigenvalue weighted by Crippen LogP contribution is -2.36. The second-order valence-corrected chi connectivity index (χ2v) is 7.48. The standard InChI is InChI=1S/C24H23N3O3/c28-24(26-14-13-20-3-1-2-4-21(20)17-26)15-18-5-9-22(10-6-18)25-16-19-7-11-23(12-8-19)27(29)30/h1-12,25H,13-17H2. The van der Waals surface area contributed by atoms with Crippen LogP contribution in [0.2, 0.25) is 0 Å². The van der Waals surface area contributed by atoms with E-state index in [0.717, 1.165) is 29.8 Å². The molecule has 0 atom stereocenters. The van der Waals surface area contributed by atoms with Crippen molar-refractivity contribution in [3.05, 3.63) is 105 Å². The van der Waals surface area contributed by atoms with E-state index in [9.17, 15) is 14.9 Å². The molecule has 152 valence electrons. The summed E-state index contributed by atoms with van der Waals surface area (Å²) in [7, 11) is 0. The monoisotopic (exact) mass is 401 g/mol. The third kappa shape index (κ3) is 4.66. The van der Waals surface area contributed by atoms with E-state index < -0.39 is 4.92 Å². The number of hydrogen-bond donors (Lipinski definition) is 1. The average Bonchev–Trinajstić information content (AvgIpc) is 2.78. The van der Waals surface area contributed by atoms with Gasteiger partial charge in [0.25, 0.3) is 5.69 Å². The van der Waals surface area contributed by atoms with Gasteiger partial charge in [0.2, 0.25) is 5.91 Å². The fourth-order valence-corrected chi connectivity index (χ4v) is 3.68. The predicted octanol–water partition coefficient (Wildman–Crippen LogP) is 4.33. The van der Waals surface area contributed by atoms with Gasteiger partial charge in [-0.25, -0.2) is 0 Å². The van der Waals surface area contributed by atoms with E-state index in [4.69, 9.17) is 0 Å². The van der Waals surface area contributed by atoms with Gasteiger partial charge in [-0.15, -0.1) is 0 Å². The highest BCUT2D eigenvalue weighted by Gasteiger charge is 2.20. The lowest BCUT2D eigenvalue weighted by Gasteiger charge is -2.29. The molecule has 6 heteroatoms. The molecule has 0 aromatic heterocycles. The summed E-state index contributed by atoms with van der Waals surface area (Å²) in [6, 6.07) is 22.7. The lowest BCUT2D eigenvalue weighted by atomic mass is 9.99. The molecule has 1 aliphatic heterocycles. The Morgan fingerprint density at radius 1 is 0.933 bits per heavy atom. The summed E-state index contributed by atoms with van der Waals surface area (Å²) in [6.07, 6.45) is 1.30. The normalized spacial score (nSPS) is 12.9. The van der Waals surface area contributed by atoms with Gasteiger partial charge >= 0.3 is 0 Å². The van der Waals surface area contributed by atoms with Gasteiger partial charge in [-0.3, -0.25) is 14.9 Å². The summed E-state index contributed by atoms with van der Waals surface area (Å²) in [5, 5.41) is 14.0. The lowest BCUT2D eigenvalue weighted by molar-refractivity contribution is -0.384. The molecule has 3 aromatic rings. The minimum absolute atomic E-state index is 0.0879. The molecular weight excluding hydrogens is 378 g/mol. The van der Waals surface area contributed by atoms with E-state index in [1.165, 1.54) is 23.3 Å². The van der Waals surface area contributed by atoms with Crippen molar-refractivity contribution < 1.29 is 9.72 Å². The summed E-state index contributed by atoms with van der Waals surface area (Å²) in [4.78, 5) is 25.0. The van der Waals surface area contributed by atoms with Crippen molar-refractivity contribution in [2.75, 3.05) is 11.9 Å². The molecule has 1 amide bonds. The number of amides is 1. The third-order valence-corrected chi connectivity index (χ3v) is 5.44. The van der Waals surface area contributed by atoms with E-state index in [2.05, 4.69) is 17.4 Å². The van der Waals surface area contributed by atoms with Crippen LogP contribution >= 0.6 is 0 Å².